The van der Waals surface area contributed by atoms with Gasteiger partial charge in [0.2, 0.25) is 0 Å². The summed E-state index contributed by atoms with van der Waals surface area (Å²) in [6.07, 6.45) is 7.16. The maximum atomic E-state index is 4.70. The zero-order valence-electron chi connectivity index (χ0n) is 12.6. The Bertz CT molecular complexity index is 366. The van der Waals surface area contributed by atoms with Crippen molar-refractivity contribution < 1.29 is 0 Å². The summed E-state index contributed by atoms with van der Waals surface area (Å²) in [4.78, 5) is 2.34. The number of aromatic nitrogens is 2. The van der Waals surface area contributed by atoms with Crippen molar-refractivity contribution in [3.05, 3.63) is 18.0 Å². The van der Waals surface area contributed by atoms with Crippen LogP contribution in [0.25, 0.3) is 0 Å². The maximum absolute atomic E-state index is 4.70. The van der Waals surface area contributed by atoms with Crippen LogP contribution < -0.4 is 5.32 Å². The predicted octanol–water partition coefficient (Wildman–Crippen LogP) is 2.43. The average molecular weight is 264 g/mol. The molecule has 0 aliphatic heterocycles. The molecular weight excluding hydrogens is 236 g/mol. The van der Waals surface area contributed by atoms with Gasteiger partial charge in [0.25, 0.3) is 0 Å². The van der Waals surface area contributed by atoms with Crippen LogP contribution in [0, 0.1) is 0 Å². The summed E-state index contributed by atoms with van der Waals surface area (Å²) in [5.74, 6) is 0. The van der Waals surface area contributed by atoms with Crippen LogP contribution in [0.2, 0.25) is 0 Å². The molecule has 1 N–H and O–H groups in total. The molecule has 1 heterocycles. The number of hydrogen-bond donors (Lipinski definition) is 1. The molecule has 1 saturated carbocycles. The molecule has 0 atom stereocenters. The molecule has 1 aromatic heterocycles. The van der Waals surface area contributed by atoms with E-state index in [1.807, 2.05) is 0 Å². The highest BCUT2D eigenvalue weighted by atomic mass is 15.3. The van der Waals surface area contributed by atoms with E-state index in [2.05, 4.69) is 48.1 Å². The molecule has 0 aromatic carbocycles. The fraction of sp³-hybridized carbons (Fsp3) is 0.800. The molecule has 0 saturated heterocycles. The third kappa shape index (κ3) is 4.62. The van der Waals surface area contributed by atoms with Crippen LogP contribution in [0.1, 0.15) is 51.3 Å². The van der Waals surface area contributed by atoms with Crippen molar-refractivity contribution in [2.24, 2.45) is 0 Å². The van der Waals surface area contributed by atoms with E-state index in [-0.39, 0.29) is 0 Å². The van der Waals surface area contributed by atoms with Crippen molar-refractivity contribution in [3.8, 4) is 0 Å². The lowest BCUT2D eigenvalue weighted by Crippen LogP contribution is -2.30. The first kappa shape index (κ1) is 14.5. The van der Waals surface area contributed by atoms with E-state index < -0.39 is 0 Å². The lowest BCUT2D eigenvalue weighted by molar-refractivity contribution is 0.316. The minimum atomic E-state index is 0.551. The number of likely N-dealkylation sites (N-methyl/N-ethyl adjacent to an activating group) is 1. The van der Waals surface area contributed by atoms with E-state index in [0.717, 1.165) is 38.5 Å². The molecule has 0 amide bonds. The van der Waals surface area contributed by atoms with E-state index in [0.29, 0.717) is 6.04 Å². The first-order chi connectivity index (χ1) is 9.22. The first-order valence-electron chi connectivity index (χ1n) is 7.68. The molecule has 108 valence electrons. The normalized spacial score (nSPS) is 15.6. The van der Waals surface area contributed by atoms with Gasteiger partial charge < -0.3 is 5.32 Å². The van der Waals surface area contributed by atoms with Crippen LogP contribution in [0.3, 0.4) is 0 Å². The van der Waals surface area contributed by atoms with Crippen molar-refractivity contribution in [3.63, 3.8) is 0 Å². The summed E-state index contributed by atoms with van der Waals surface area (Å²) >= 11 is 0. The minimum absolute atomic E-state index is 0.551. The Labute approximate surface area is 117 Å². The van der Waals surface area contributed by atoms with E-state index in [9.17, 15) is 0 Å². The van der Waals surface area contributed by atoms with Crippen LogP contribution in [0.5, 0.6) is 0 Å². The SMILES string of the molecule is CCC(CC)n1ccc(CN(C)CCNC2CC2)n1. The second-order valence-corrected chi connectivity index (χ2v) is 5.72. The Morgan fingerprint density at radius 2 is 2.16 bits per heavy atom. The average Bonchev–Trinajstić information content (AvgIpc) is 3.11. The highest BCUT2D eigenvalue weighted by Crippen LogP contribution is 2.18. The third-order valence-electron chi connectivity index (χ3n) is 3.92. The van der Waals surface area contributed by atoms with Gasteiger partial charge in [-0.2, -0.15) is 5.10 Å². The Morgan fingerprint density at radius 1 is 1.42 bits per heavy atom. The maximum Gasteiger partial charge on any atom is 0.0764 e. The van der Waals surface area contributed by atoms with Crippen molar-refractivity contribution >= 4 is 0 Å². The quantitative estimate of drug-likeness (QED) is 0.743. The van der Waals surface area contributed by atoms with E-state index >= 15 is 0 Å². The Balaban J connectivity index is 1.74. The Kier molecular flexibility index (Phi) is 5.40. The lowest BCUT2D eigenvalue weighted by atomic mass is 10.2. The van der Waals surface area contributed by atoms with Gasteiger partial charge in [-0.15, -0.1) is 0 Å². The molecule has 1 aliphatic rings. The molecular formula is C15H28N4. The van der Waals surface area contributed by atoms with Gasteiger partial charge in [0.05, 0.1) is 11.7 Å². The van der Waals surface area contributed by atoms with Crippen LogP contribution in [0.4, 0.5) is 0 Å². The minimum Gasteiger partial charge on any atom is -0.313 e. The number of hydrogen-bond acceptors (Lipinski definition) is 3. The molecule has 1 aromatic rings. The molecule has 0 bridgehead atoms. The summed E-state index contributed by atoms with van der Waals surface area (Å²) in [7, 11) is 2.17. The first-order valence-corrected chi connectivity index (χ1v) is 7.68. The van der Waals surface area contributed by atoms with Gasteiger partial charge >= 0.3 is 0 Å². The third-order valence-corrected chi connectivity index (χ3v) is 3.92. The zero-order valence-corrected chi connectivity index (χ0v) is 12.6. The monoisotopic (exact) mass is 264 g/mol. The molecule has 0 unspecified atom stereocenters. The second kappa shape index (κ2) is 7.06. The Hall–Kier alpha value is -0.870. The Morgan fingerprint density at radius 3 is 2.79 bits per heavy atom. The van der Waals surface area contributed by atoms with Crippen molar-refractivity contribution in [1.82, 2.24) is 20.0 Å². The fourth-order valence-electron chi connectivity index (χ4n) is 2.43. The summed E-state index contributed by atoms with van der Waals surface area (Å²) in [5.41, 5.74) is 1.18. The van der Waals surface area contributed by atoms with E-state index in [1.165, 1.54) is 18.5 Å². The van der Waals surface area contributed by atoms with E-state index in [4.69, 9.17) is 5.10 Å². The molecule has 2 rings (SSSR count). The predicted molar refractivity (Wildman–Crippen MR) is 79.2 cm³/mol. The summed E-state index contributed by atoms with van der Waals surface area (Å²) in [6.45, 7) is 7.58. The molecule has 1 aliphatic carbocycles. The summed E-state index contributed by atoms with van der Waals surface area (Å²) in [5, 5.41) is 8.25. The molecule has 19 heavy (non-hydrogen) atoms. The zero-order chi connectivity index (χ0) is 13.7. The number of nitrogens with zero attached hydrogens (tertiary/aromatic N) is 3. The van der Waals surface area contributed by atoms with Crippen molar-refractivity contribution in [2.45, 2.75) is 58.2 Å². The van der Waals surface area contributed by atoms with Gasteiger partial charge in [-0.05, 0) is 38.8 Å². The standard InChI is InChI=1S/C15H28N4/c1-4-15(5-2)19-10-8-14(17-19)12-18(3)11-9-16-13-6-7-13/h8,10,13,15-16H,4-7,9,11-12H2,1-3H3. The van der Waals surface area contributed by atoms with Gasteiger partial charge in [0.1, 0.15) is 0 Å². The van der Waals surface area contributed by atoms with Crippen LogP contribution in [-0.2, 0) is 6.54 Å². The van der Waals surface area contributed by atoms with Gasteiger partial charge in [0.15, 0.2) is 0 Å². The molecule has 4 nitrogen and oxygen atoms in total. The lowest BCUT2D eigenvalue weighted by Gasteiger charge is -2.16. The molecule has 1 fully saturated rings. The van der Waals surface area contributed by atoms with Crippen molar-refractivity contribution in [2.75, 3.05) is 20.1 Å². The van der Waals surface area contributed by atoms with Crippen LogP contribution in [-0.4, -0.2) is 40.9 Å². The summed E-state index contributed by atoms with van der Waals surface area (Å²) in [6, 6.07) is 3.52. The van der Waals surface area contributed by atoms with Gasteiger partial charge in [-0.1, -0.05) is 13.8 Å². The smallest absolute Gasteiger partial charge is 0.0764 e. The fourth-order valence-corrected chi connectivity index (χ4v) is 2.43. The van der Waals surface area contributed by atoms with Crippen LogP contribution in [0.15, 0.2) is 12.3 Å². The summed E-state index contributed by atoms with van der Waals surface area (Å²) < 4.78 is 2.13. The highest BCUT2D eigenvalue weighted by Gasteiger charge is 2.19. The van der Waals surface area contributed by atoms with Gasteiger partial charge in [-0.3, -0.25) is 9.58 Å². The van der Waals surface area contributed by atoms with Crippen molar-refractivity contribution in [1.29, 1.82) is 0 Å². The van der Waals surface area contributed by atoms with Crippen LogP contribution >= 0.6 is 0 Å². The molecule has 0 radical (unpaired) electrons. The highest BCUT2D eigenvalue weighted by molar-refractivity contribution is 4.99. The topological polar surface area (TPSA) is 33.1 Å². The van der Waals surface area contributed by atoms with Gasteiger partial charge in [-0.25, -0.2) is 0 Å². The van der Waals surface area contributed by atoms with Gasteiger partial charge in [0, 0.05) is 31.9 Å². The molecule has 4 heteroatoms. The molecule has 0 spiro atoms. The number of nitrogens with one attached hydrogen (secondary N) is 1. The largest absolute Gasteiger partial charge is 0.313 e. The number of rotatable bonds is 9. The second-order valence-electron chi connectivity index (χ2n) is 5.72. The van der Waals surface area contributed by atoms with E-state index in [1.54, 1.807) is 0 Å².